The highest BCUT2D eigenvalue weighted by Gasteiger charge is 2.26. The average Bonchev–Trinajstić information content (AvgIpc) is 2.39. The van der Waals surface area contributed by atoms with Crippen LogP contribution in [0.2, 0.25) is 0 Å². The molecule has 0 aromatic heterocycles. The van der Waals surface area contributed by atoms with Crippen molar-refractivity contribution in [2.75, 3.05) is 18.2 Å². The Labute approximate surface area is 119 Å². The van der Waals surface area contributed by atoms with E-state index in [1.165, 1.54) is 5.56 Å². The summed E-state index contributed by atoms with van der Waals surface area (Å²) in [7, 11) is 1.70. The van der Waals surface area contributed by atoms with Gasteiger partial charge in [0.1, 0.15) is 5.75 Å². The smallest absolute Gasteiger partial charge is 0.161 e. The van der Waals surface area contributed by atoms with E-state index in [4.69, 9.17) is 9.73 Å². The first kappa shape index (κ1) is 14.3. The van der Waals surface area contributed by atoms with Gasteiger partial charge >= 0.3 is 0 Å². The van der Waals surface area contributed by atoms with Crippen LogP contribution in [0.4, 0.5) is 5.69 Å². The zero-order valence-electron chi connectivity index (χ0n) is 12.1. The third kappa shape index (κ3) is 3.44. The number of nitrogens with zero attached hydrogens (tertiary/aromatic N) is 1. The van der Waals surface area contributed by atoms with E-state index >= 15 is 0 Å². The fourth-order valence-corrected chi connectivity index (χ4v) is 3.26. The van der Waals surface area contributed by atoms with Crippen LogP contribution < -0.4 is 10.1 Å². The summed E-state index contributed by atoms with van der Waals surface area (Å²) >= 11 is 1.78. The molecule has 1 aliphatic heterocycles. The molecule has 4 heteroatoms. The number of rotatable bonds is 3. The van der Waals surface area contributed by atoms with Crippen LogP contribution in [0, 0.1) is 6.92 Å². The predicted octanol–water partition coefficient (Wildman–Crippen LogP) is 4.08. The minimum absolute atomic E-state index is 0.0741. The van der Waals surface area contributed by atoms with Crippen molar-refractivity contribution < 1.29 is 4.74 Å². The van der Waals surface area contributed by atoms with Crippen molar-refractivity contribution in [3.8, 4) is 5.75 Å². The number of methoxy groups -OCH3 is 1. The van der Waals surface area contributed by atoms with Gasteiger partial charge < -0.3 is 10.1 Å². The standard InChI is InChI=1S/C15H22N2OS/c1-5-15(3)8-9-19-14(17-15)16-12-10-11(2)6-7-13(12)18-4/h6-7,10H,5,8-9H2,1-4H3,(H,16,17). The molecule has 0 spiro atoms. The number of anilines is 1. The summed E-state index contributed by atoms with van der Waals surface area (Å²) in [6, 6.07) is 6.14. The first-order chi connectivity index (χ1) is 9.06. The largest absolute Gasteiger partial charge is 0.495 e. The molecule has 1 aliphatic rings. The van der Waals surface area contributed by atoms with Crippen LogP contribution in [-0.2, 0) is 0 Å². The highest BCUT2D eigenvalue weighted by Crippen LogP contribution is 2.32. The van der Waals surface area contributed by atoms with E-state index in [0.717, 1.165) is 35.2 Å². The fraction of sp³-hybridized carbons (Fsp3) is 0.533. The van der Waals surface area contributed by atoms with Crippen molar-refractivity contribution in [2.24, 2.45) is 4.99 Å². The van der Waals surface area contributed by atoms with Crippen LogP contribution in [0.1, 0.15) is 32.3 Å². The number of amidine groups is 1. The molecule has 0 aliphatic carbocycles. The SMILES string of the molecule is CCC1(C)CCSC(Nc2cc(C)ccc2OC)=N1. The molecule has 1 unspecified atom stereocenters. The molecule has 1 aromatic carbocycles. The third-order valence-electron chi connectivity index (χ3n) is 3.61. The van der Waals surface area contributed by atoms with E-state index in [-0.39, 0.29) is 5.54 Å². The summed E-state index contributed by atoms with van der Waals surface area (Å²) in [6.45, 7) is 6.50. The Morgan fingerprint density at radius 1 is 1.47 bits per heavy atom. The van der Waals surface area contributed by atoms with Crippen molar-refractivity contribution >= 4 is 22.6 Å². The lowest BCUT2D eigenvalue weighted by Gasteiger charge is -2.29. The molecule has 1 N–H and O–H groups in total. The fourth-order valence-electron chi connectivity index (χ4n) is 2.06. The van der Waals surface area contributed by atoms with Gasteiger partial charge in [0, 0.05) is 5.75 Å². The molecule has 1 atom stereocenters. The molecule has 0 saturated heterocycles. The lowest BCUT2D eigenvalue weighted by Crippen LogP contribution is -2.29. The highest BCUT2D eigenvalue weighted by molar-refractivity contribution is 8.14. The Balaban J connectivity index is 2.23. The first-order valence-electron chi connectivity index (χ1n) is 6.70. The lowest BCUT2D eigenvalue weighted by molar-refractivity contribution is 0.416. The van der Waals surface area contributed by atoms with Gasteiger partial charge in [-0.3, -0.25) is 4.99 Å². The predicted molar refractivity (Wildman–Crippen MR) is 84.6 cm³/mol. The Morgan fingerprint density at radius 3 is 2.95 bits per heavy atom. The van der Waals surface area contributed by atoms with Crippen LogP contribution in [0.15, 0.2) is 23.2 Å². The molecule has 2 rings (SSSR count). The van der Waals surface area contributed by atoms with Gasteiger partial charge in [0.05, 0.1) is 18.3 Å². The number of thioether (sulfide) groups is 1. The summed E-state index contributed by atoms with van der Waals surface area (Å²) < 4.78 is 5.39. The number of nitrogens with one attached hydrogen (secondary N) is 1. The van der Waals surface area contributed by atoms with Crippen molar-refractivity contribution in [1.82, 2.24) is 0 Å². The number of hydrogen-bond donors (Lipinski definition) is 1. The molecule has 0 saturated carbocycles. The maximum absolute atomic E-state index is 5.39. The monoisotopic (exact) mass is 278 g/mol. The van der Waals surface area contributed by atoms with Gasteiger partial charge in [-0.15, -0.1) is 0 Å². The van der Waals surface area contributed by atoms with E-state index in [0.29, 0.717) is 0 Å². The van der Waals surface area contributed by atoms with E-state index < -0.39 is 0 Å². The Kier molecular flexibility index (Phi) is 4.40. The maximum Gasteiger partial charge on any atom is 0.161 e. The summed E-state index contributed by atoms with van der Waals surface area (Å²) in [6.07, 6.45) is 2.22. The van der Waals surface area contributed by atoms with Crippen molar-refractivity contribution in [3.05, 3.63) is 23.8 Å². The first-order valence-corrected chi connectivity index (χ1v) is 7.69. The summed E-state index contributed by atoms with van der Waals surface area (Å²) in [5.74, 6) is 1.97. The molecule has 0 fully saturated rings. The molecule has 1 aromatic rings. The number of ether oxygens (including phenoxy) is 1. The Bertz CT molecular complexity index is 487. The Morgan fingerprint density at radius 2 is 2.26 bits per heavy atom. The van der Waals surface area contributed by atoms with Crippen LogP contribution in [-0.4, -0.2) is 23.6 Å². The van der Waals surface area contributed by atoms with Crippen LogP contribution in [0.5, 0.6) is 5.75 Å². The van der Waals surface area contributed by atoms with Gasteiger partial charge in [-0.1, -0.05) is 24.8 Å². The number of benzene rings is 1. The Hall–Kier alpha value is -1.16. The van der Waals surface area contributed by atoms with E-state index in [1.54, 1.807) is 18.9 Å². The van der Waals surface area contributed by atoms with Gasteiger partial charge in [0.25, 0.3) is 0 Å². The summed E-state index contributed by atoms with van der Waals surface area (Å²) in [5, 5.41) is 4.42. The second kappa shape index (κ2) is 5.87. The van der Waals surface area contributed by atoms with Gasteiger partial charge in [-0.25, -0.2) is 0 Å². The topological polar surface area (TPSA) is 33.6 Å². The molecule has 0 bridgehead atoms. The number of aliphatic imine (C=N–C) groups is 1. The highest BCUT2D eigenvalue weighted by atomic mass is 32.2. The van der Waals surface area contributed by atoms with Crippen LogP contribution >= 0.6 is 11.8 Å². The van der Waals surface area contributed by atoms with Gasteiger partial charge in [-0.2, -0.15) is 0 Å². The molecule has 0 amide bonds. The molecular formula is C15H22N2OS. The average molecular weight is 278 g/mol. The zero-order chi connectivity index (χ0) is 13.9. The normalized spacial score (nSPS) is 22.8. The molecule has 19 heavy (non-hydrogen) atoms. The van der Waals surface area contributed by atoms with E-state index in [2.05, 4.69) is 38.2 Å². The van der Waals surface area contributed by atoms with Gasteiger partial charge in [-0.05, 0) is 44.4 Å². The molecule has 0 radical (unpaired) electrons. The second-order valence-electron chi connectivity index (χ2n) is 5.19. The quantitative estimate of drug-likeness (QED) is 0.904. The van der Waals surface area contributed by atoms with E-state index in [9.17, 15) is 0 Å². The van der Waals surface area contributed by atoms with Crippen molar-refractivity contribution in [1.29, 1.82) is 0 Å². The minimum Gasteiger partial charge on any atom is -0.495 e. The van der Waals surface area contributed by atoms with Gasteiger partial charge in [0.15, 0.2) is 5.17 Å². The van der Waals surface area contributed by atoms with E-state index in [1.807, 2.05) is 6.07 Å². The summed E-state index contributed by atoms with van der Waals surface area (Å²) in [4.78, 5) is 4.85. The van der Waals surface area contributed by atoms with Crippen LogP contribution in [0.25, 0.3) is 0 Å². The minimum atomic E-state index is 0.0741. The van der Waals surface area contributed by atoms with Crippen molar-refractivity contribution in [2.45, 2.75) is 39.2 Å². The number of aryl methyl sites for hydroxylation is 1. The summed E-state index contributed by atoms with van der Waals surface area (Å²) in [5.41, 5.74) is 2.28. The lowest BCUT2D eigenvalue weighted by atomic mass is 9.97. The molecule has 3 nitrogen and oxygen atoms in total. The number of hydrogen-bond acceptors (Lipinski definition) is 4. The molecular weight excluding hydrogens is 256 g/mol. The molecule has 1 heterocycles. The van der Waals surface area contributed by atoms with Gasteiger partial charge in [0.2, 0.25) is 0 Å². The maximum atomic E-state index is 5.39. The van der Waals surface area contributed by atoms with Crippen LogP contribution in [0.3, 0.4) is 0 Å². The van der Waals surface area contributed by atoms with Crippen molar-refractivity contribution in [3.63, 3.8) is 0 Å². The zero-order valence-corrected chi connectivity index (χ0v) is 12.9. The molecule has 104 valence electrons. The third-order valence-corrected chi connectivity index (χ3v) is 4.48. The second-order valence-corrected chi connectivity index (χ2v) is 6.28.